The molecule has 0 saturated heterocycles. The summed E-state index contributed by atoms with van der Waals surface area (Å²) >= 11 is 0. The third-order valence-corrected chi connectivity index (χ3v) is 3.43. The van der Waals surface area contributed by atoms with Gasteiger partial charge < -0.3 is 9.47 Å². The van der Waals surface area contributed by atoms with E-state index in [0.717, 1.165) is 22.6 Å². The van der Waals surface area contributed by atoms with E-state index >= 15 is 0 Å². The van der Waals surface area contributed by atoms with Gasteiger partial charge in [0, 0.05) is 5.92 Å². The monoisotopic (exact) mass is 278 g/mol. The Bertz CT molecular complexity index is 658. The zero-order valence-corrected chi connectivity index (χ0v) is 12.1. The molecule has 106 valence electrons. The van der Waals surface area contributed by atoms with Gasteiger partial charge in [0.15, 0.2) is 0 Å². The van der Waals surface area contributed by atoms with Crippen LogP contribution in [0.2, 0.25) is 0 Å². The van der Waals surface area contributed by atoms with Crippen LogP contribution in [0.1, 0.15) is 24.0 Å². The summed E-state index contributed by atoms with van der Waals surface area (Å²) in [6.45, 7) is 0.534. The van der Waals surface area contributed by atoms with E-state index in [1.165, 1.54) is 12.8 Å². The fraction of sp³-hybridized carbons (Fsp3) is 0.263. The molecular weight excluding hydrogens is 260 g/mol. The molecule has 0 aromatic heterocycles. The van der Waals surface area contributed by atoms with Crippen molar-refractivity contribution in [2.75, 3.05) is 7.11 Å². The van der Waals surface area contributed by atoms with Crippen molar-refractivity contribution in [1.82, 2.24) is 0 Å². The number of hydrogen-bond donors (Lipinski definition) is 0. The molecule has 3 rings (SSSR count). The third kappa shape index (κ3) is 3.79. The number of para-hydroxylation sites is 1. The van der Waals surface area contributed by atoms with Gasteiger partial charge in [0.2, 0.25) is 0 Å². The van der Waals surface area contributed by atoms with Gasteiger partial charge in [-0.05, 0) is 42.7 Å². The van der Waals surface area contributed by atoms with Crippen molar-refractivity contribution in [3.05, 3.63) is 59.7 Å². The summed E-state index contributed by atoms with van der Waals surface area (Å²) in [5.74, 6) is 8.82. The smallest absolute Gasteiger partial charge is 0.135 e. The number of hydrogen-bond acceptors (Lipinski definition) is 2. The predicted octanol–water partition coefficient (Wildman–Crippen LogP) is 4.04. The minimum atomic E-state index is 0.534. The van der Waals surface area contributed by atoms with E-state index < -0.39 is 0 Å². The average molecular weight is 278 g/mol. The second-order valence-corrected chi connectivity index (χ2v) is 5.18. The van der Waals surface area contributed by atoms with Crippen molar-refractivity contribution < 1.29 is 9.47 Å². The quantitative estimate of drug-likeness (QED) is 0.786. The molecule has 2 aromatic carbocycles. The van der Waals surface area contributed by atoms with Gasteiger partial charge in [-0.25, -0.2) is 0 Å². The summed E-state index contributed by atoms with van der Waals surface area (Å²) in [7, 11) is 1.67. The lowest BCUT2D eigenvalue weighted by Gasteiger charge is -2.08. The van der Waals surface area contributed by atoms with Gasteiger partial charge in [0.05, 0.1) is 12.7 Å². The zero-order chi connectivity index (χ0) is 14.5. The summed E-state index contributed by atoms with van der Waals surface area (Å²) in [6, 6.07) is 15.9. The van der Waals surface area contributed by atoms with E-state index in [9.17, 15) is 0 Å². The molecule has 0 heterocycles. The Morgan fingerprint density at radius 3 is 2.52 bits per heavy atom. The summed E-state index contributed by atoms with van der Waals surface area (Å²) < 4.78 is 11.1. The van der Waals surface area contributed by atoms with Crippen molar-refractivity contribution in [3.63, 3.8) is 0 Å². The maximum absolute atomic E-state index is 5.91. The van der Waals surface area contributed by atoms with Crippen LogP contribution in [0.5, 0.6) is 11.5 Å². The molecule has 0 atom stereocenters. The van der Waals surface area contributed by atoms with Gasteiger partial charge in [0.1, 0.15) is 18.1 Å². The normalized spacial score (nSPS) is 13.2. The van der Waals surface area contributed by atoms with Crippen molar-refractivity contribution in [3.8, 4) is 23.3 Å². The highest BCUT2D eigenvalue weighted by molar-refractivity contribution is 5.46. The van der Waals surface area contributed by atoms with Crippen LogP contribution in [0.3, 0.4) is 0 Å². The first kappa shape index (κ1) is 13.6. The molecule has 0 unspecified atom stereocenters. The largest absolute Gasteiger partial charge is 0.497 e. The van der Waals surface area contributed by atoms with Crippen LogP contribution in [0.15, 0.2) is 48.5 Å². The molecule has 1 fully saturated rings. The van der Waals surface area contributed by atoms with Crippen LogP contribution < -0.4 is 9.47 Å². The van der Waals surface area contributed by atoms with Crippen LogP contribution in [0, 0.1) is 17.8 Å². The Kier molecular flexibility index (Phi) is 4.12. The molecule has 1 aliphatic carbocycles. The Balaban J connectivity index is 1.68. The Hall–Kier alpha value is -2.40. The Morgan fingerprint density at radius 2 is 1.81 bits per heavy atom. The molecule has 1 saturated carbocycles. The second kappa shape index (κ2) is 6.37. The highest BCUT2D eigenvalue weighted by atomic mass is 16.5. The topological polar surface area (TPSA) is 18.5 Å². The molecule has 0 N–H and O–H groups in total. The van der Waals surface area contributed by atoms with Gasteiger partial charge in [0.25, 0.3) is 0 Å². The fourth-order valence-corrected chi connectivity index (χ4v) is 1.99. The Morgan fingerprint density at radius 1 is 1.05 bits per heavy atom. The van der Waals surface area contributed by atoms with E-state index in [-0.39, 0.29) is 0 Å². The standard InChI is InChI=1S/C19H18O2/c1-20-18-12-9-16(10-13-18)14-21-19-5-3-2-4-17(19)11-8-15-6-7-15/h2-5,9-10,12-13,15H,6-7,14H2,1H3. The van der Waals surface area contributed by atoms with E-state index in [2.05, 4.69) is 11.8 Å². The van der Waals surface area contributed by atoms with Gasteiger partial charge in [-0.3, -0.25) is 0 Å². The van der Waals surface area contributed by atoms with Gasteiger partial charge in [-0.2, -0.15) is 0 Å². The maximum atomic E-state index is 5.91. The summed E-state index contributed by atoms with van der Waals surface area (Å²) in [6.07, 6.45) is 2.48. The van der Waals surface area contributed by atoms with Crippen molar-refractivity contribution in [2.24, 2.45) is 5.92 Å². The molecule has 0 radical (unpaired) electrons. The molecular formula is C19H18O2. The minimum Gasteiger partial charge on any atom is -0.497 e. The highest BCUT2D eigenvalue weighted by Crippen LogP contribution is 2.28. The third-order valence-electron chi connectivity index (χ3n) is 3.43. The minimum absolute atomic E-state index is 0.534. The number of benzene rings is 2. The van der Waals surface area contributed by atoms with Crippen LogP contribution in [0.25, 0.3) is 0 Å². The molecule has 2 aromatic rings. The van der Waals surface area contributed by atoms with Crippen molar-refractivity contribution >= 4 is 0 Å². The van der Waals surface area contributed by atoms with Crippen LogP contribution in [-0.4, -0.2) is 7.11 Å². The van der Waals surface area contributed by atoms with E-state index in [1.807, 2.05) is 48.5 Å². The summed E-state index contributed by atoms with van der Waals surface area (Å²) in [4.78, 5) is 0. The highest BCUT2D eigenvalue weighted by Gasteiger charge is 2.17. The van der Waals surface area contributed by atoms with Gasteiger partial charge in [-0.15, -0.1) is 0 Å². The maximum Gasteiger partial charge on any atom is 0.135 e. The van der Waals surface area contributed by atoms with Gasteiger partial charge in [-0.1, -0.05) is 36.1 Å². The number of ether oxygens (including phenoxy) is 2. The van der Waals surface area contributed by atoms with Crippen molar-refractivity contribution in [2.45, 2.75) is 19.4 Å². The SMILES string of the molecule is COc1ccc(COc2ccccc2C#CC2CC2)cc1. The molecule has 2 heteroatoms. The van der Waals surface area contributed by atoms with Crippen molar-refractivity contribution in [1.29, 1.82) is 0 Å². The van der Waals surface area contributed by atoms with Crippen LogP contribution >= 0.6 is 0 Å². The molecule has 0 aliphatic heterocycles. The number of rotatable bonds is 4. The average Bonchev–Trinajstić information content (AvgIpc) is 3.36. The first-order valence-electron chi connectivity index (χ1n) is 7.21. The van der Waals surface area contributed by atoms with Crippen LogP contribution in [-0.2, 0) is 6.61 Å². The van der Waals surface area contributed by atoms with Crippen LogP contribution in [0.4, 0.5) is 0 Å². The predicted molar refractivity (Wildman–Crippen MR) is 83.4 cm³/mol. The van der Waals surface area contributed by atoms with E-state index in [4.69, 9.17) is 9.47 Å². The fourth-order valence-electron chi connectivity index (χ4n) is 1.99. The first-order valence-corrected chi connectivity index (χ1v) is 7.21. The Labute approximate surface area is 125 Å². The van der Waals surface area contributed by atoms with E-state index in [1.54, 1.807) is 7.11 Å². The van der Waals surface area contributed by atoms with E-state index in [0.29, 0.717) is 12.5 Å². The summed E-state index contributed by atoms with van der Waals surface area (Å²) in [5, 5.41) is 0. The lowest BCUT2D eigenvalue weighted by atomic mass is 10.2. The molecule has 1 aliphatic rings. The molecule has 0 amide bonds. The first-order chi connectivity index (χ1) is 10.3. The zero-order valence-electron chi connectivity index (χ0n) is 12.1. The number of methoxy groups -OCH3 is 1. The molecule has 0 bridgehead atoms. The lowest BCUT2D eigenvalue weighted by molar-refractivity contribution is 0.305. The van der Waals surface area contributed by atoms with Gasteiger partial charge >= 0.3 is 0 Å². The second-order valence-electron chi connectivity index (χ2n) is 5.18. The molecule has 2 nitrogen and oxygen atoms in total. The molecule has 21 heavy (non-hydrogen) atoms. The lowest BCUT2D eigenvalue weighted by Crippen LogP contribution is -1.97. The molecule has 0 spiro atoms. The summed E-state index contributed by atoms with van der Waals surface area (Å²) in [5.41, 5.74) is 2.08.